The number of sulfone groups is 1. The van der Waals surface area contributed by atoms with Crippen molar-refractivity contribution in [3.05, 3.63) is 47.2 Å². The molecule has 0 saturated heterocycles. The molecule has 1 aromatic carbocycles. The van der Waals surface area contributed by atoms with Crippen molar-refractivity contribution in [3.63, 3.8) is 0 Å². The van der Waals surface area contributed by atoms with Gasteiger partial charge in [-0.25, -0.2) is 18.4 Å². The largest absolute Gasteiger partial charge is 0.432 e. The highest BCUT2D eigenvalue weighted by atomic mass is 32.2. The number of rotatable bonds is 4. The van der Waals surface area contributed by atoms with Crippen molar-refractivity contribution in [1.29, 1.82) is 0 Å². The molecule has 0 amide bonds. The summed E-state index contributed by atoms with van der Waals surface area (Å²) in [5, 5.41) is 3.50. The van der Waals surface area contributed by atoms with Crippen molar-refractivity contribution in [3.8, 4) is 10.4 Å². The number of benzene rings is 1. The fraction of sp³-hybridized carbons (Fsp3) is 0.350. The third-order valence-corrected chi connectivity index (χ3v) is 8.30. The number of hydrogen-bond donors (Lipinski definition) is 1. The maximum atomic E-state index is 12.8. The molecule has 2 heterocycles. The first kappa shape index (κ1) is 23.1. The number of thiazole rings is 1. The van der Waals surface area contributed by atoms with Crippen LogP contribution in [0.1, 0.15) is 24.4 Å². The standard InChI is InChI=1S/C20H21F3N4O2S2/c1-12-7-13(15-10-26-18(30-15)19(2,3)31(4,28)29)9-14(8-12)27-17-11-25-16(5-6-24-17)20(21,22)23/h5-10H,11H2,1-4H3,(H,24,27). The average molecular weight is 471 g/mol. The number of alkyl halides is 3. The summed E-state index contributed by atoms with van der Waals surface area (Å²) < 4.78 is 61.6. The van der Waals surface area contributed by atoms with E-state index in [0.717, 1.165) is 28.3 Å². The number of aryl methyl sites for hydroxylation is 1. The summed E-state index contributed by atoms with van der Waals surface area (Å²) in [6.45, 7) is 4.87. The van der Waals surface area contributed by atoms with E-state index in [-0.39, 0.29) is 12.4 Å². The number of nitrogens with zero attached hydrogens (tertiary/aromatic N) is 3. The van der Waals surface area contributed by atoms with E-state index >= 15 is 0 Å². The van der Waals surface area contributed by atoms with E-state index in [1.54, 1.807) is 20.0 Å². The van der Waals surface area contributed by atoms with Crippen LogP contribution in [0.4, 0.5) is 18.9 Å². The molecule has 2 aromatic rings. The minimum Gasteiger partial charge on any atom is -0.342 e. The van der Waals surface area contributed by atoms with Crippen LogP contribution in [0.2, 0.25) is 0 Å². The van der Waals surface area contributed by atoms with Crippen LogP contribution in [0.25, 0.3) is 10.4 Å². The normalized spacial score (nSPS) is 15.3. The summed E-state index contributed by atoms with van der Waals surface area (Å²) in [5.74, 6) is 0.273. The van der Waals surface area contributed by atoms with Crippen LogP contribution >= 0.6 is 11.3 Å². The summed E-state index contributed by atoms with van der Waals surface area (Å²) >= 11 is 1.28. The maximum Gasteiger partial charge on any atom is 0.432 e. The van der Waals surface area contributed by atoms with Gasteiger partial charge in [-0.1, -0.05) is 6.07 Å². The van der Waals surface area contributed by atoms with E-state index in [1.165, 1.54) is 17.6 Å². The molecule has 0 aliphatic carbocycles. The molecule has 0 spiro atoms. The van der Waals surface area contributed by atoms with Gasteiger partial charge < -0.3 is 5.32 Å². The SMILES string of the molecule is Cc1cc(NC2=NC=CC(C(F)(F)F)=NC2)cc(-c2cnc(C(C)(C)S(C)(=O)=O)s2)c1. The van der Waals surface area contributed by atoms with Gasteiger partial charge in [0.2, 0.25) is 0 Å². The summed E-state index contributed by atoms with van der Waals surface area (Å²) in [6, 6.07) is 5.56. The Balaban J connectivity index is 1.87. The van der Waals surface area contributed by atoms with E-state index in [1.807, 2.05) is 25.1 Å². The maximum absolute atomic E-state index is 12.8. The lowest BCUT2D eigenvalue weighted by Crippen LogP contribution is -2.27. The predicted molar refractivity (Wildman–Crippen MR) is 119 cm³/mol. The van der Waals surface area contributed by atoms with Crippen LogP contribution in [0.15, 0.2) is 46.7 Å². The van der Waals surface area contributed by atoms with Crippen molar-refractivity contribution >= 4 is 38.4 Å². The number of aliphatic imine (C=N–C) groups is 2. The van der Waals surface area contributed by atoms with Gasteiger partial charge in [0.1, 0.15) is 21.3 Å². The van der Waals surface area contributed by atoms with Gasteiger partial charge in [-0.05, 0) is 50.1 Å². The lowest BCUT2D eigenvalue weighted by Gasteiger charge is -2.19. The molecule has 166 valence electrons. The van der Waals surface area contributed by atoms with Gasteiger partial charge >= 0.3 is 6.18 Å². The number of allylic oxidation sites excluding steroid dienone is 1. The van der Waals surface area contributed by atoms with Crippen LogP contribution in [-0.4, -0.2) is 43.9 Å². The van der Waals surface area contributed by atoms with E-state index < -0.39 is 26.5 Å². The highest BCUT2D eigenvalue weighted by Gasteiger charge is 2.35. The molecule has 11 heteroatoms. The molecule has 0 unspecified atom stereocenters. The molecule has 0 fully saturated rings. The third-order valence-electron chi connectivity index (χ3n) is 4.75. The summed E-state index contributed by atoms with van der Waals surface area (Å²) in [4.78, 5) is 12.7. The van der Waals surface area contributed by atoms with Gasteiger partial charge in [0, 0.05) is 24.3 Å². The first-order valence-corrected chi connectivity index (χ1v) is 11.9. The lowest BCUT2D eigenvalue weighted by molar-refractivity contribution is -0.0578. The highest BCUT2D eigenvalue weighted by molar-refractivity contribution is 7.91. The second-order valence-corrected chi connectivity index (χ2v) is 11.2. The van der Waals surface area contributed by atoms with Crippen molar-refractivity contribution < 1.29 is 21.6 Å². The Morgan fingerprint density at radius 3 is 2.52 bits per heavy atom. The van der Waals surface area contributed by atoms with Gasteiger partial charge in [0.15, 0.2) is 9.84 Å². The lowest BCUT2D eigenvalue weighted by atomic mass is 10.1. The summed E-state index contributed by atoms with van der Waals surface area (Å²) in [6.07, 6.45) is 0.177. The quantitative estimate of drug-likeness (QED) is 0.700. The monoisotopic (exact) mass is 470 g/mol. The number of anilines is 1. The fourth-order valence-corrected chi connectivity index (χ4v) is 4.57. The zero-order valence-electron chi connectivity index (χ0n) is 17.3. The molecule has 1 N–H and O–H groups in total. The van der Waals surface area contributed by atoms with Gasteiger partial charge in [-0.3, -0.25) is 4.99 Å². The Kier molecular flexibility index (Phi) is 6.12. The van der Waals surface area contributed by atoms with Gasteiger partial charge in [0.05, 0.1) is 11.4 Å². The molecule has 0 saturated carbocycles. The van der Waals surface area contributed by atoms with Gasteiger partial charge in [0.25, 0.3) is 0 Å². The van der Waals surface area contributed by atoms with Crippen molar-refractivity contribution in [1.82, 2.24) is 4.98 Å². The number of hydrogen-bond acceptors (Lipinski definition) is 7. The predicted octanol–water partition coefficient (Wildman–Crippen LogP) is 4.74. The van der Waals surface area contributed by atoms with E-state index in [9.17, 15) is 21.6 Å². The van der Waals surface area contributed by atoms with Crippen LogP contribution in [-0.2, 0) is 14.6 Å². The Hall–Kier alpha value is -2.53. The first-order chi connectivity index (χ1) is 14.3. The fourth-order valence-electron chi connectivity index (χ4n) is 2.72. The molecule has 6 nitrogen and oxygen atoms in total. The summed E-state index contributed by atoms with van der Waals surface area (Å²) in [5.41, 5.74) is 1.36. The molecule has 1 aromatic heterocycles. The third kappa shape index (κ3) is 5.21. The Morgan fingerprint density at radius 2 is 1.87 bits per heavy atom. The van der Waals surface area contributed by atoms with Crippen LogP contribution < -0.4 is 5.32 Å². The molecule has 0 bridgehead atoms. The molecule has 1 aliphatic rings. The second-order valence-electron chi connectivity index (χ2n) is 7.62. The second kappa shape index (κ2) is 8.19. The minimum atomic E-state index is -4.53. The average Bonchev–Trinajstić information content (AvgIpc) is 3.01. The number of nitrogens with one attached hydrogen (secondary N) is 1. The highest BCUT2D eigenvalue weighted by Crippen LogP contribution is 2.37. The van der Waals surface area contributed by atoms with Crippen molar-refractivity contribution in [2.75, 3.05) is 18.1 Å². The van der Waals surface area contributed by atoms with Gasteiger partial charge in [-0.15, -0.1) is 11.3 Å². The van der Waals surface area contributed by atoms with Crippen molar-refractivity contribution in [2.45, 2.75) is 31.7 Å². The smallest absolute Gasteiger partial charge is 0.342 e. The zero-order valence-corrected chi connectivity index (χ0v) is 18.9. The molecule has 1 aliphatic heterocycles. The van der Waals surface area contributed by atoms with E-state index in [0.29, 0.717) is 10.7 Å². The van der Waals surface area contributed by atoms with E-state index in [2.05, 4.69) is 20.3 Å². The molecular formula is C20H21F3N4O2S2. The topological polar surface area (TPSA) is 83.8 Å². The van der Waals surface area contributed by atoms with E-state index in [4.69, 9.17) is 0 Å². The van der Waals surface area contributed by atoms with Crippen LogP contribution in [0, 0.1) is 6.92 Å². The Labute approximate surface area is 182 Å². The number of aromatic nitrogens is 1. The minimum absolute atomic E-state index is 0.238. The summed E-state index contributed by atoms with van der Waals surface area (Å²) in [7, 11) is -3.36. The molecule has 0 radical (unpaired) electrons. The zero-order chi connectivity index (χ0) is 23.0. The number of amidine groups is 1. The van der Waals surface area contributed by atoms with Crippen LogP contribution in [0.5, 0.6) is 0 Å². The first-order valence-electron chi connectivity index (χ1n) is 9.17. The molecule has 3 rings (SSSR count). The van der Waals surface area contributed by atoms with Crippen LogP contribution in [0.3, 0.4) is 0 Å². The Morgan fingerprint density at radius 1 is 1.16 bits per heavy atom. The molecular weight excluding hydrogens is 449 g/mol. The number of halogens is 3. The Bertz CT molecular complexity index is 1190. The molecule has 0 atom stereocenters. The van der Waals surface area contributed by atoms with Crippen molar-refractivity contribution in [2.24, 2.45) is 9.98 Å². The van der Waals surface area contributed by atoms with Gasteiger partial charge in [-0.2, -0.15) is 13.2 Å². The molecule has 31 heavy (non-hydrogen) atoms.